The van der Waals surface area contributed by atoms with Crippen LogP contribution in [0.2, 0.25) is 0 Å². The molecule has 0 aliphatic heterocycles. The number of nitrogens with zero attached hydrogens (tertiary/aromatic N) is 2. The Labute approximate surface area is 83.5 Å². The molecule has 0 saturated carbocycles. The highest BCUT2D eigenvalue weighted by Crippen LogP contribution is 2.28. The van der Waals surface area contributed by atoms with Crippen molar-refractivity contribution in [1.29, 1.82) is 0 Å². The largest absolute Gasteiger partial charge is 0.478 e. The summed E-state index contributed by atoms with van der Waals surface area (Å²) in [6.45, 7) is 6.09. The first-order chi connectivity index (χ1) is 6.40. The number of hydrogen-bond acceptors (Lipinski definition) is 2. The molecule has 0 radical (unpaired) electrons. The van der Waals surface area contributed by atoms with Gasteiger partial charge in [0, 0.05) is 12.5 Å². The number of aromatic nitrogens is 2. The van der Waals surface area contributed by atoms with Crippen molar-refractivity contribution in [3.05, 3.63) is 17.5 Å². The molecular weight excluding hydrogens is 180 g/mol. The second kappa shape index (κ2) is 3.44. The number of carboxylic acid groups (broad SMARTS) is 1. The topological polar surface area (TPSA) is 55.1 Å². The molecule has 1 N–H and O–H groups in total. The average Bonchev–Trinajstić information content (AvgIpc) is 2.47. The Morgan fingerprint density at radius 2 is 2.21 bits per heavy atom. The van der Waals surface area contributed by atoms with E-state index in [1.54, 1.807) is 11.7 Å². The van der Waals surface area contributed by atoms with Gasteiger partial charge >= 0.3 is 5.97 Å². The molecular formula is C10H16N2O2. The van der Waals surface area contributed by atoms with Gasteiger partial charge in [-0.1, -0.05) is 20.8 Å². The van der Waals surface area contributed by atoms with E-state index in [1.165, 1.54) is 6.20 Å². The molecule has 0 aliphatic carbocycles. The zero-order valence-electron chi connectivity index (χ0n) is 9.03. The Kier molecular flexibility index (Phi) is 2.64. The fourth-order valence-electron chi connectivity index (χ4n) is 1.56. The molecule has 0 unspecified atom stereocenters. The molecule has 1 rings (SSSR count). The molecule has 4 heteroatoms. The van der Waals surface area contributed by atoms with Gasteiger partial charge in [-0.05, 0) is 6.42 Å². The van der Waals surface area contributed by atoms with E-state index in [0.717, 1.165) is 12.1 Å². The Hall–Kier alpha value is -1.32. The van der Waals surface area contributed by atoms with E-state index in [1.807, 2.05) is 20.8 Å². The molecule has 0 spiro atoms. The summed E-state index contributed by atoms with van der Waals surface area (Å²) in [5, 5.41) is 13.0. The molecule has 1 aromatic rings. The fourth-order valence-corrected chi connectivity index (χ4v) is 1.56. The number of carbonyl (C=O) groups is 1. The molecule has 0 saturated heterocycles. The van der Waals surface area contributed by atoms with E-state index >= 15 is 0 Å². The van der Waals surface area contributed by atoms with Gasteiger partial charge in [-0.3, -0.25) is 4.68 Å². The van der Waals surface area contributed by atoms with Gasteiger partial charge in [0.1, 0.15) is 5.56 Å². The third-order valence-electron chi connectivity index (χ3n) is 2.69. The van der Waals surface area contributed by atoms with Crippen molar-refractivity contribution in [3.63, 3.8) is 0 Å². The van der Waals surface area contributed by atoms with Crippen molar-refractivity contribution in [3.8, 4) is 0 Å². The smallest absolute Gasteiger partial charge is 0.339 e. The van der Waals surface area contributed by atoms with E-state index in [-0.39, 0.29) is 5.41 Å². The van der Waals surface area contributed by atoms with E-state index in [2.05, 4.69) is 5.10 Å². The SMILES string of the molecule is CCC(C)(C)c1c(C(=O)O)cnn1C. The summed E-state index contributed by atoms with van der Waals surface area (Å²) in [4.78, 5) is 10.9. The molecule has 78 valence electrons. The molecule has 0 aliphatic rings. The van der Waals surface area contributed by atoms with E-state index < -0.39 is 5.97 Å². The van der Waals surface area contributed by atoms with Crippen molar-refractivity contribution in [1.82, 2.24) is 9.78 Å². The summed E-state index contributed by atoms with van der Waals surface area (Å²) in [6.07, 6.45) is 2.29. The highest BCUT2D eigenvalue weighted by atomic mass is 16.4. The van der Waals surface area contributed by atoms with Gasteiger partial charge in [0.05, 0.1) is 11.9 Å². The second-order valence-corrected chi connectivity index (χ2v) is 4.07. The molecule has 4 nitrogen and oxygen atoms in total. The number of aromatic carboxylic acids is 1. The van der Waals surface area contributed by atoms with Crippen LogP contribution in [0.15, 0.2) is 6.20 Å². The molecule has 0 aromatic carbocycles. The third kappa shape index (κ3) is 1.64. The van der Waals surface area contributed by atoms with Crippen LogP contribution in [0.25, 0.3) is 0 Å². The normalized spacial score (nSPS) is 11.7. The maximum absolute atomic E-state index is 10.9. The highest BCUT2D eigenvalue weighted by molar-refractivity contribution is 5.89. The molecule has 0 atom stereocenters. The summed E-state index contributed by atoms with van der Waals surface area (Å²) in [5.41, 5.74) is 0.936. The summed E-state index contributed by atoms with van der Waals surface area (Å²) in [5.74, 6) is -0.908. The first-order valence-corrected chi connectivity index (χ1v) is 4.66. The lowest BCUT2D eigenvalue weighted by Gasteiger charge is -2.23. The lowest BCUT2D eigenvalue weighted by Crippen LogP contribution is -2.23. The molecule has 0 amide bonds. The Morgan fingerprint density at radius 3 is 2.64 bits per heavy atom. The van der Waals surface area contributed by atoms with Crippen LogP contribution in [0.4, 0.5) is 0 Å². The van der Waals surface area contributed by atoms with Crippen molar-refractivity contribution in [2.75, 3.05) is 0 Å². The number of rotatable bonds is 3. The Balaban J connectivity index is 3.31. The minimum atomic E-state index is -0.908. The lowest BCUT2D eigenvalue weighted by molar-refractivity contribution is 0.0693. The molecule has 1 heterocycles. The van der Waals surface area contributed by atoms with Crippen molar-refractivity contribution >= 4 is 5.97 Å². The van der Waals surface area contributed by atoms with Gasteiger partial charge in [-0.15, -0.1) is 0 Å². The summed E-state index contributed by atoms with van der Waals surface area (Å²) >= 11 is 0. The zero-order chi connectivity index (χ0) is 10.9. The first kappa shape index (κ1) is 10.8. The van der Waals surface area contributed by atoms with Crippen LogP contribution in [-0.4, -0.2) is 20.9 Å². The van der Waals surface area contributed by atoms with Crippen molar-refractivity contribution in [2.45, 2.75) is 32.6 Å². The number of carboxylic acids is 1. The van der Waals surface area contributed by atoms with Crippen LogP contribution in [0, 0.1) is 0 Å². The van der Waals surface area contributed by atoms with Crippen LogP contribution in [0.3, 0.4) is 0 Å². The summed E-state index contributed by atoms with van der Waals surface area (Å²) in [7, 11) is 1.78. The first-order valence-electron chi connectivity index (χ1n) is 4.66. The predicted molar refractivity (Wildman–Crippen MR) is 53.5 cm³/mol. The maximum atomic E-state index is 10.9. The predicted octanol–water partition coefficient (Wildman–Crippen LogP) is 1.81. The quantitative estimate of drug-likeness (QED) is 0.802. The standard InChI is InChI=1S/C10H16N2O2/c1-5-10(2,3)8-7(9(13)14)6-11-12(8)4/h6H,5H2,1-4H3,(H,13,14). The van der Waals surface area contributed by atoms with Gasteiger partial charge in [0.2, 0.25) is 0 Å². The van der Waals surface area contributed by atoms with E-state index in [0.29, 0.717) is 5.56 Å². The zero-order valence-corrected chi connectivity index (χ0v) is 9.03. The van der Waals surface area contributed by atoms with E-state index in [4.69, 9.17) is 5.11 Å². The Bertz CT molecular complexity index is 353. The maximum Gasteiger partial charge on any atom is 0.339 e. The van der Waals surface area contributed by atoms with Crippen LogP contribution >= 0.6 is 0 Å². The van der Waals surface area contributed by atoms with E-state index in [9.17, 15) is 4.79 Å². The molecule has 0 bridgehead atoms. The monoisotopic (exact) mass is 196 g/mol. The summed E-state index contributed by atoms with van der Waals surface area (Å²) < 4.78 is 1.65. The minimum Gasteiger partial charge on any atom is -0.478 e. The number of hydrogen-bond donors (Lipinski definition) is 1. The van der Waals surface area contributed by atoms with Crippen LogP contribution in [-0.2, 0) is 12.5 Å². The average molecular weight is 196 g/mol. The van der Waals surface area contributed by atoms with Gasteiger partial charge in [-0.2, -0.15) is 5.10 Å². The Morgan fingerprint density at radius 1 is 1.64 bits per heavy atom. The lowest BCUT2D eigenvalue weighted by atomic mass is 9.84. The van der Waals surface area contributed by atoms with Crippen LogP contribution in [0.5, 0.6) is 0 Å². The van der Waals surface area contributed by atoms with Gasteiger partial charge in [0.25, 0.3) is 0 Å². The third-order valence-corrected chi connectivity index (χ3v) is 2.69. The van der Waals surface area contributed by atoms with Gasteiger partial charge in [-0.25, -0.2) is 4.79 Å². The fraction of sp³-hybridized carbons (Fsp3) is 0.600. The van der Waals surface area contributed by atoms with Gasteiger partial charge in [0.15, 0.2) is 0 Å². The van der Waals surface area contributed by atoms with Crippen LogP contribution < -0.4 is 0 Å². The van der Waals surface area contributed by atoms with Crippen LogP contribution in [0.1, 0.15) is 43.2 Å². The van der Waals surface area contributed by atoms with Gasteiger partial charge < -0.3 is 5.11 Å². The highest BCUT2D eigenvalue weighted by Gasteiger charge is 2.28. The molecule has 0 fully saturated rings. The van der Waals surface area contributed by atoms with Crippen molar-refractivity contribution < 1.29 is 9.90 Å². The second-order valence-electron chi connectivity index (χ2n) is 4.07. The summed E-state index contributed by atoms with van der Waals surface area (Å²) in [6, 6.07) is 0. The number of aryl methyl sites for hydroxylation is 1. The van der Waals surface area contributed by atoms with Crippen molar-refractivity contribution in [2.24, 2.45) is 7.05 Å². The molecule has 1 aromatic heterocycles. The molecule has 14 heavy (non-hydrogen) atoms. The minimum absolute atomic E-state index is 0.154.